The first-order chi connectivity index (χ1) is 12.7. The van der Waals surface area contributed by atoms with E-state index in [1.807, 2.05) is 18.2 Å². The lowest BCUT2D eigenvalue weighted by Gasteiger charge is -2.32. The average molecular weight is 362 g/mol. The Kier molecular flexibility index (Phi) is 4.25. The fourth-order valence-corrected chi connectivity index (χ4v) is 3.88. The average Bonchev–Trinajstić information content (AvgIpc) is 3.09. The molecule has 0 saturated carbocycles. The Labute approximate surface area is 158 Å². The van der Waals surface area contributed by atoms with Crippen molar-refractivity contribution in [3.8, 4) is 0 Å². The molecule has 0 amide bonds. The van der Waals surface area contributed by atoms with E-state index in [9.17, 15) is 0 Å². The Morgan fingerprint density at radius 2 is 1.50 bits per heavy atom. The molecule has 0 radical (unpaired) electrons. The Bertz CT molecular complexity index is 1000. The van der Waals surface area contributed by atoms with Crippen LogP contribution in [0.4, 0.5) is 0 Å². The molecule has 0 saturated heterocycles. The lowest BCUT2D eigenvalue weighted by molar-refractivity contribution is 0.436. The van der Waals surface area contributed by atoms with Crippen LogP contribution < -0.4 is 0 Å². The molecule has 4 heteroatoms. The van der Waals surface area contributed by atoms with Crippen LogP contribution in [0.3, 0.4) is 0 Å². The van der Waals surface area contributed by atoms with E-state index in [-0.39, 0.29) is 0 Å². The van der Waals surface area contributed by atoms with Crippen molar-refractivity contribution in [2.24, 2.45) is 0 Å². The molecule has 0 aliphatic heterocycles. The van der Waals surface area contributed by atoms with Crippen LogP contribution in [0.25, 0.3) is 10.9 Å². The molecular weight excluding hydrogens is 342 g/mol. The van der Waals surface area contributed by atoms with Crippen molar-refractivity contribution in [3.05, 3.63) is 94.9 Å². The molecule has 130 valence electrons. The van der Waals surface area contributed by atoms with E-state index in [2.05, 4.69) is 72.0 Å². The maximum Gasteiger partial charge on any atom is 0.140 e. The summed E-state index contributed by atoms with van der Waals surface area (Å²) in [7, 11) is 0. The second-order valence-electron chi connectivity index (χ2n) is 6.51. The zero-order chi connectivity index (χ0) is 18.1. The highest BCUT2D eigenvalue weighted by Crippen LogP contribution is 2.37. The number of hydrogen-bond acceptors (Lipinski definition) is 2. The summed E-state index contributed by atoms with van der Waals surface area (Å²) in [5.74, 6) is 0. The van der Waals surface area contributed by atoms with E-state index >= 15 is 0 Å². The Morgan fingerprint density at radius 1 is 0.923 bits per heavy atom. The van der Waals surface area contributed by atoms with Crippen LogP contribution in [0.5, 0.6) is 0 Å². The smallest absolute Gasteiger partial charge is 0.140 e. The van der Waals surface area contributed by atoms with Crippen LogP contribution >= 0.6 is 11.6 Å². The molecule has 3 nitrogen and oxygen atoms in total. The van der Waals surface area contributed by atoms with Gasteiger partial charge in [-0.25, -0.2) is 9.67 Å². The third-order valence-electron chi connectivity index (χ3n) is 5.05. The summed E-state index contributed by atoms with van der Waals surface area (Å²) in [5, 5.41) is 6.43. The van der Waals surface area contributed by atoms with Gasteiger partial charge in [0.05, 0.1) is 16.6 Å². The molecule has 0 atom stereocenters. The summed E-state index contributed by atoms with van der Waals surface area (Å²) in [6.07, 6.45) is 2.55. The van der Waals surface area contributed by atoms with Crippen LogP contribution in [-0.2, 0) is 12.0 Å². The number of benzene rings is 2. The molecule has 0 N–H and O–H groups in total. The van der Waals surface area contributed by atoms with E-state index in [1.165, 1.54) is 11.1 Å². The normalized spacial score (nSPS) is 11.8. The number of nitrogens with zero attached hydrogens (tertiary/aromatic N) is 3. The zero-order valence-corrected chi connectivity index (χ0v) is 15.6. The van der Waals surface area contributed by atoms with Gasteiger partial charge >= 0.3 is 0 Å². The molecule has 0 unspecified atom stereocenters. The molecule has 26 heavy (non-hydrogen) atoms. The van der Waals surface area contributed by atoms with Gasteiger partial charge in [0.25, 0.3) is 0 Å². The lowest BCUT2D eigenvalue weighted by Crippen LogP contribution is -2.34. The van der Waals surface area contributed by atoms with Crippen molar-refractivity contribution in [2.45, 2.75) is 25.8 Å². The van der Waals surface area contributed by atoms with Gasteiger partial charge in [-0.05, 0) is 30.5 Å². The van der Waals surface area contributed by atoms with E-state index in [0.717, 1.165) is 23.0 Å². The maximum atomic E-state index is 6.43. The van der Waals surface area contributed by atoms with E-state index < -0.39 is 5.54 Å². The largest absolute Gasteiger partial charge is 0.250 e. The summed E-state index contributed by atoms with van der Waals surface area (Å²) < 4.78 is 2.10. The Morgan fingerprint density at radius 3 is 2.04 bits per heavy atom. The van der Waals surface area contributed by atoms with Gasteiger partial charge in [-0.15, -0.1) is 0 Å². The summed E-state index contributed by atoms with van der Waals surface area (Å²) in [4.78, 5) is 4.27. The highest BCUT2D eigenvalue weighted by Gasteiger charge is 2.34. The number of halogens is 1. The molecule has 2 heterocycles. The Hall–Kier alpha value is -2.65. The molecule has 0 aliphatic carbocycles. The first-order valence-electron chi connectivity index (χ1n) is 8.80. The highest BCUT2D eigenvalue weighted by molar-refractivity contribution is 6.34. The van der Waals surface area contributed by atoms with Crippen molar-refractivity contribution in [1.82, 2.24) is 14.8 Å². The van der Waals surface area contributed by atoms with Gasteiger partial charge in [-0.1, -0.05) is 79.2 Å². The molecule has 2 aromatic heterocycles. The summed E-state index contributed by atoms with van der Waals surface area (Å²) in [6.45, 7) is 4.30. The van der Waals surface area contributed by atoms with Crippen LogP contribution in [-0.4, -0.2) is 14.8 Å². The van der Waals surface area contributed by atoms with Gasteiger partial charge in [0.1, 0.15) is 10.7 Å². The second-order valence-corrected chi connectivity index (χ2v) is 6.87. The molecule has 0 spiro atoms. The van der Waals surface area contributed by atoms with Crippen LogP contribution in [0.15, 0.2) is 72.9 Å². The predicted octanol–water partition coefficient (Wildman–Crippen LogP) is 5.46. The number of aromatic nitrogens is 3. The van der Waals surface area contributed by atoms with Crippen molar-refractivity contribution < 1.29 is 0 Å². The number of aryl methyl sites for hydroxylation is 1. The van der Waals surface area contributed by atoms with Gasteiger partial charge in [-0.2, -0.15) is 5.10 Å². The van der Waals surface area contributed by atoms with Crippen LogP contribution in [0.1, 0.15) is 30.7 Å². The van der Waals surface area contributed by atoms with Crippen molar-refractivity contribution >= 4 is 22.5 Å². The van der Waals surface area contributed by atoms with Gasteiger partial charge in [-0.3, -0.25) is 0 Å². The quantitative estimate of drug-likeness (QED) is 0.452. The fourth-order valence-electron chi connectivity index (χ4n) is 3.62. The SMILES string of the molecule is CCc1nn(C(C)(c2ccccc2)c2ccccc2)c2ccnc(Cl)c12. The number of rotatable bonds is 4. The predicted molar refractivity (Wildman–Crippen MR) is 107 cm³/mol. The van der Waals surface area contributed by atoms with Gasteiger partial charge in [0.15, 0.2) is 0 Å². The maximum absolute atomic E-state index is 6.43. The molecule has 2 aromatic carbocycles. The second kappa shape index (κ2) is 6.58. The first kappa shape index (κ1) is 16.8. The van der Waals surface area contributed by atoms with Crippen molar-refractivity contribution in [2.75, 3.05) is 0 Å². The highest BCUT2D eigenvalue weighted by atomic mass is 35.5. The minimum Gasteiger partial charge on any atom is -0.250 e. The lowest BCUT2D eigenvalue weighted by atomic mass is 9.84. The molecular formula is C22H20ClN3. The first-order valence-corrected chi connectivity index (χ1v) is 9.17. The number of fused-ring (bicyclic) bond motifs is 1. The van der Waals surface area contributed by atoms with Crippen LogP contribution in [0, 0.1) is 0 Å². The van der Waals surface area contributed by atoms with E-state index in [0.29, 0.717) is 5.15 Å². The van der Waals surface area contributed by atoms with Gasteiger partial charge < -0.3 is 0 Å². The molecule has 0 bridgehead atoms. The Balaban J connectivity index is 2.09. The monoisotopic (exact) mass is 361 g/mol. The number of pyridine rings is 1. The molecule has 0 fully saturated rings. The van der Waals surface area contributed by atoms with Crippen molar-refractivity contribution in [3.63, 3.8) is 0 Å². The number of hydrogen-bond donors (Lipinski definition) is 0. The summed E-state index contributed by atoms with van der Waals surface area (Å²) >= 11 is 6.43. The third kappa shape index (κ3) is 2.51. The summed E-state index contributed by atoms with van der Waals surface area (Å²) in [6, 6.07) is 22.9. The van der Waals surface area contributed by atoms with E-state index in [4.69, 9.17) is 16.7 Å². The van der Waals surface area contributed by atoms with E-state index in [1.54, 1.807) is 6.20 Å². The third-order valence-corrected chi connectivity index (χ3v) is 5.34. The van der Waals surface area contributed by atoms with Crippen molar-refractivity contribution in [1.29, 1.82) is 0 Å². The summed E-state index contributed by atoms with van der Waals surface area (Å²) in [5.41, 5.74) is 3.85. The fraction of sp³-hybridized carbons (Fsp3) is 0.182. The topological polar surface area (TPSA) is 30.7 Å². The molecule has 0 aliphatic rings. The minimum atomic E-state index is -0.459. The molecule has 4 rings (SSSR count). The standard InChI is InChI=1S/C22H20ClN3/c1-3-18-20-19(14-15-24-21(20)23)26(25-18)22(2,16-10-6-4-7-11-16)17-12-8-5-9-13-17/h4-15H,3H2,1-2H3. The minimum absolute atomic E-state index is 0.459. The van der Waals surface area contributed by atoms with Gasteiger partial charge in [0.2, 0.25) is 0 Å². The molecule has 4 aromatic rings. The van der Waals surface area contributed by atoms with Crippen LogP contribution in [0.2, 0.25) is 5.15 Å². The zero-order valence-electron chi connectivity index (χ0n) is 14.9. The van der Waals surface area contributed by atoms with Gasteiger partial charge in [0, 0.05) is 6.20 Å².